The molecule has 9 nitrogen and oxygen atoms in total. The van der Waals surface area contributed by atoms with E-state index >= 15 is 0 Å². The molecule has 1 aromatic carbocycles. The van der Waals surface area contributed by atoms with Crippen LogP contribution in [0.3, 0.4) is 0 Å². The van der Waals surface area contributed by atoms with Crippen LogP contribution in [0.1, 0.15) is 113 Å². The summed E-state index contributed by atoms with van der Waals surface area (Å²) >= 11 is 1.44. The summed E-state index contributed by atoms with van der Waals surface area (Å²) in [5.41, 5.74) is 1.44. The van der Waals surface area contributed by atoms with Crippen LogP contribution in [0.4, 0.5) is 0 Å². The number of hydrogen-bond acceptors (Lipinski definition) is 8. The molecule has 2 aromatic rings. The van der Waals surface area contributed by atoms with Crippen molar-refractivity contribution in [3.05, 3.63) is 64.6 Å². The lowest BCUT2D eigenvalue weighted by Crippen LogP contribution is -2.50. The predicted octanol–water partition coefficient (Wildman–Crippen LogP) is 7.32. The Morgan fingerprint density at radius 1 is 1.12 bits per heavy atom. The molecule has 0 aliphatic carbocycles. The average molecular weight is 723 g/mol. The Bertz CT molecular complexity index is 1400. The van der Waals surface area contributed by atoms with E-state index in [2.05, 4.69) is 51.4 Å². The van der Waals surface area contributed by atoms with Crippen LogP contribution in [0.5, 0.6) is 0 Å². The Kier molecular flexibility index (Phi) is 17.7. The number of likely N-dealkylation sites (N-methyl/N-ethyl adjacent to an activating group) is 1. The van der Waals surface area contributed by atoms with E-state index in [4.69, 9.17) is 9.72 Å². The minimum absolute atomic E-state index is 0.0303. The van der Waals surface area contributed by atoms with Gasteiger partial charge in [0.25, 0.3) is 5.91 Å². The van der Waals surface area contributed by atoms with Crippen molar-refractivity contribution >= 4 is 35.2 Å². The van der Waals surface area contributed by atoms with E-state index in [1.54, 1.807) is 11.5 Å². The van der Waals surface area contributed by atoms with Crippen molar-refractivity contribution in [3.63, 3.8) is 0 Å². The highest BCUT2D eigenvalue weighted by atomic mass is 32.1. The van der Waals surface area contributed by atoms with Gasteiger partial charge >= 0.3 is 0 Å². The number of hydrogen-bond donors (Lipinski definition) is 1. The molecule has 0 saturated carbocycles. The van der Waals surface area contributed by atoms with E-state index < -0.39 is 5.92 Å². The minimum atomic E-state index is -0.442. The van der Waals surface area contributed by atoms with Crippen molar-refractivity contribution in [2.24, 2.45) is 23.7 Å². The molecule has 0 radical (unpaired) electrons. The second-order valence-corrected chi connectivity index (χ2v) is 15.9. The molecule has 3 rings (SSSR count). The third-order valence-corrected chi connectivity index (χ3v) is 11.5. The fourth-order valence-electron chi connectivity index (χ4n) is 7.12. The molecule has 1 saturated heterocycles. The summed E-state index contributed by atoms with van der Waals surface area (Å²) in [5, 5.41) is 5.74. The largest absolute Gasteiger partial charge is 0.357 e. The first-order valence-corrected chi connectivity index (χ1v) is 19.7. The van der Waals surface area contributed by atoms with Crippen LogP contribution < -0.4 is 5.32 Å². The van der Waals surface area contributed by atoms with Gasteiger partial charge in [0, 0.05) is 41.6 Å². The highest BCUT2D eigenvalue weighted by Crippen LogP contribution is 2.32. The van der Waals surface area contributed by atoms with Crippen molar-refractivity contribution in [1.82, 2.24) is 20.1 Å². The lowest BCUT2D eigenvalue weighted by molar-refractivity contribution is -0.150. The molecular weight excluding hydrogens is 661 g/mol. The first kappa shape index (κ1) is 42.2. The van der Waals surface area contributed by atoms with Gasteiger partial charge in [0.2, 0.25) is 5.91 Å². The fraction of sp³-hybridized carbons (Fsp3) is 0.634. The summed E-state index contributed by atoms with van der Waals surface area (Å²) in [6.07, 6.45) is 8.36. The second-order valence-electron chi connectivity index (χ2n) is 15.0. The summed E-state index contributed by atoms with van der Waals surface area (Å²) in [5.74, 6) is -0.701. The first-order valence-electron chi connectivity index (χ1n) is 18.9. The van der Waals surface area contributed by atoms with Gasteiger partial charge in [0.05, 0.1) is 17.7 Å². The second kappa shape index (κ2) is 21.3. The Morgan fingerprint density at radius 3 is 2.47 bits per heavy atom. The van der Waals surface area contributed by atoms with Crippen LogP contribution >= 0.6 is 11.3 Å². The number of nitrogens with zero attached hydrogens (tertiary/aromatic N) is 3. The summed E-state index contributed by atoms with van der Waals surface area (Å²) < 4.78 is 5.94. The molecule has 2 amide bonds. The number of thiazole rings is 1. The highest BCUT2D eigenvalue weighted by Gasteiger charge is 2.38. The third kappa shape index (κ3) is 12.8. The van der Waals surface area contributed by atoms with Gasteiger partial charge in [-0.05, 0) is 63.1 Å². The monoisotopic (exact) mass is 722 g/mol. The summed E-state index contributed by atoms with van der Waals surface area (Å²) in [7, 11) is 2.01. The van der Waals surface area contributed by atoms with Gasteiger partial charge in [0.1, 0.15) is 18.7 Å². The maximum Gasteiger partial charge on any atom is 0.270 e. The van der Waals surface area contributed by atoms with Gasteiger partial charge < -0.3 is 19.7 Å². The number of aldehydes is 1. The number of aromatic nitrogens is 1. The third-order valence-electron chi connectivity index (χ3n) is 10.5. The molecule has 2 unspecified atom stereocenters. The molecule has 1 aromatic heterocycles. The van der Waals surface area contributed by atoms with Crippen molar-refractivity contribution in [2.45, 2.75) is 117 Å². The predicted molar refractivity (Wildman–Crippen MR) is 206 cm³/mol. The lowest BCUT2D eigenvalue weighted by Gasteiger charge is -2.39. The van der Waals surface area contributed by atoms with Crippen LogP contribution in [0.15, 0.2) is 48.4 Å². The van der Waals surface area contributed by atoms with Crippen LogP contribution in [0, 0.1) is 23.7 Å². The number of ether oxygens (including phenoxy) is 1. The number of Topliss-reactive ketones (excluding diaryl/α,β-unsaturated/α-hetero) is 1. The standard InChI is InChI=1S/C41H62N4O5S/c1-9-20-50-27-45(41(49)34(30(6)10-2)24-38(47)36-18-14-15-19-44(36)8)37(28(3)4)22-31(7)40-43-35(26-51-40)39(48)42-33(21-29(5)25-46)23-32-16-12-11-13-17-32/h9,11-13,16-17,25-26,28-31,33-34,36-37H,1,10,14-15,18-24,27H2,2-8H3,(H,42,48)/t29-,30?,31+,33+,34-,36?,37+/m0/s1. The zero-order chi connectivity index (χ0) is 37.5. The molecule has 7 atom stereocenters. The number of piperidine rings is 1. The Hall–Kier alpha value is -3.21. The van der Waals surface area contributed by atoms with Crippen molar-refractivity contribution in [1.29, 1.82) is 0 Å². The topological polar surface area (TPSA) is 109 Å². The average Bonchev–Trinajstić information content (AvgIpc) is 3.62. The molecule has 1 fully saturated rings. The Balaban J connectivity index is 1.80. The normalized spacial score (nSPS) is 18.6. The molecule has 282 valence electrons. The summed E-state index contributed by atoms with van der Waals surface area (Å²) in [6.45, 7) is 17.4. The van der Waals surface area contributed by atoms with Crippen molar-refractivity contribution < 1.29 is 23.9 Å². The number of carbonyl (C=O) groups is 4. The van der Waals surface area contributed by atoms with E-state index in [1.165, 1.54) is 11.3 Å². The smallest absolute Gasteiger partial charge is 0.270 e. The van der Waals surface area contributed by atoms with E-state index in [-0.39, 0.29) is 72.5 Å². The SMILES string of the molecule is C=CCOCN(C(=O)[C@@H](CC(=O)C1CCCCN1C)C(C)CC)[C@H](C[C@@H](C)c1nc(C(=O)N[C@@H](Cc2ccccc2)C[C@H](C)C=O)cs1)C(C)C. The van der Waals surface area contributed by atoms with Gasteiger partial charge in [0.15, 0.2) is 5.78 Å². The molecule has 0 bridgehead atoms. The molecule has 0 spiro atoms. The molecular formula is C41H62N4O5S. The van der Waals surface area contributed by atoms with Gasteiger partial charge in [-0.15, -0.1) is 17.9 Å². The molecule has 51 heavy (non-hydrogen) atoms. The van der Waals surface area contributed by atoms with Crippen LogP contribution in [0.2, 0.25) is 0 Å². The molecule has 1 N–H and O–H groups in total. The lowest BCUT2D eigenvalue weighted by atomic mass is 9.82. The molecule has 1 aliphatic heterocycles. The Morgan fingerprint density at radius 2 is 1.84 bits per heavy atom. The maximum atomic E-state index is 14.6. The zero-order valence-electron chi connectivity index (χ0n) is 32.0. The number of rotatable bonds is 22. The zero-order valence-corrected chi connectivity index (χ0v) is 32.8. The number of carbonyl (C=O) groups excluding carboxylic acids is 4. The van der Waals surface area contributed by atoms with Crippen LogP contribution in [0.25, 0.3) is 0 Å². The number of likely N-dealkylation sites (tertiary alicyclic amines) is 1. The van der Waals surface area contributed by atoms with Crippen LogP contribution in [-0.4, -0.2) is 83.7 Å². The number of nitrogens with one attached hydrogen (secondary N) is 1. The number of benzene rings is 1. The van der Waals surface area contributed by atoms with Gasteiger partial charge in [-0.3, -0.25) is 19.3 Å². The summed E-state index contributed by atoms with van der Waals surface area (Å²) in [4.78, 5) is 61.9. The fourth-order valence-corrected chi connectivity index (χ4v) is 7.99. The van der Waals surface area contributed by atoms with E-state index in [0.717, 1.165) is 49.1 Å². The van der Waals surface area contributed by atoms with Gasteiger partial charge in [-0.25, -0.2) is 4.98 Å². The van der Waals surface area contributed by atoms with E-state index in [9.17, 15) is 19.2 Å². The highest BCUT2D eigenvalue weighted by molar-refractivity contribution is 7.09. The first-order chi connectivity index (χ1) is 24.4. The van der Waals surface area contributed by atoms with Crippen molar-refractivity contribution in [2.75, 3.05) is 26.9 Å². The number of ketones is 1. The number of amides is 2. The van der Waals surface area contributed by atoms with Crippen LogP contribution in [-0.2, 0) is 25.5 Å². The van der Waals surface area contributed by atoms with E-state index in [1.807, 2.05) is 49.2 Å². The molecule has 2 heterocycles. The summed E-state index contributed by atoms with van der Waals surface area (Å²) in [6, 6.07) is 9.40. The Labute approximate surface area is 310 Å². The maximum absolute atomic E-state index is 14.6. The van der Waals surface area contributed by atoms with Crippen molar-refractivity contribution in [3.8, 4) is 0 Å². The quantitative estimate of drug-likeness (QED) is 0.0587. The van der Waals surface area contributed by atoms with Gasteiger partial charge in [-0.1, -0.05) is 90.8 Å². The molecule has 1 aliphatic rings. The van der Waals surface area contributed by atoms with Gasteiger partial charge in [-0.2, -0.15) is 0 Å². The van der Waals surface area contributed by atoms with E-state index in [0.29, 0.717) is 31.6 Å². The minimum Gasteiger partial charge on any atom is -0.357 e. The molecule has 10 heteroatoms.